The number of Topliss-reactive ketones (excluding diaryl/α,β-unsaturated/α-hetero) is 1. The zero-order valence-corrected chi connectivity index (χ0v) is 27.0. The third kappa shape index (κ3) is 8.78. The third-order valence-electron chi connectivity index (χ3n) is 7.21. The predicted molar refractivity (Wildman–Crippen MR) is 171 cm³/mol. The first-order valence-electron chi connectivity index (χ1n) is 14.0. The van der Waals surface area contributed by atoms with Gasteiger partial charge in [-0.15, -0.1) is 0 Å². The van der Waals surface area contributed by atoms with Crippen LogP contribution in [0.3, 0.4) is 0 Å². The molecule has 4 rings (SSSR count). The number of amides is 1. The van der Waals surface area contributed by atoms with Gasteiger partial charge in [-0.05, 0) is 71.7 Å². The molecule has 1 amide bonds. The summed E-state index contributed by atoms with van der Waals surface area (Å²) in [6.45, 7) is 0.605. The number of rotatable bonds is 16. The van der Waals surface area contributed by atoms with E-state index in [1.54, 1.807) is 19.1 Å². The average Bonchev–Trinajstić information content (AvgIpc) is 3.66. The molecule has 5 N–H and O–H groups in total. The second-order valence-electron chi connectivity index (χ2n) is 10.1. The maximum atomic E-state index is 13.3. The molecule has 1 saturated carbocycles. The summed E-state index contributed by atoms with van der Waals surface area (Å²) in [7, 11) is 16.6. The first kappa shape index (κ1) is 37.4. The minimum atomic E-state index is -1.43. The van der Waals surface area contributed by atoms with Crippen molar-refractivity contribution in [2.24, 2.45) is 0 Å². The minimum absolute atomic E-state index is 0.0464. The molecule has 0 spiro atoms. The Morgan fingerprint density at radius 2 is 1.63 bits per heavy atom. The van der Waals surface area contributed by atoms with E-state index in [9.17, 15) is 30.0 Å². The molecule has 14 nitrogen and oxygen atoms in total. The molecule has 1 aromatic carbocycles. The van der Waals surface area contributed by atoms with Crippen molar-refractivity contribution in [3.8, 4) is 11.5 Å². The van der Waals surface area contributed by atoms with Gasteiger partial charge in [-0.2, -0.15) is 0 Å². The summed E-state index contributed by atoms with van der Waals surface area (Å²) in [5.74, 6) is -1.02. The standard InChI is InChI=1S/C26H32B3NO13S3/c1-11(25(36)30-16-17(33)18(34)22-24(38-10-37-22)21(16)42-45-8-28)4-12-2-3-14(15(5-12)41-44-7-27)39-26-19(35)23(43-46-9-29)20(40-26)13(32)6-31/h2-5,16-24,26,31,33-35H,6-10H2,1H3,(H,30,36)/b11-4+. The lowest BCUT2D eigenvalue weighted by Crippen LogP contribution is -2.67. The van der Waals surface area contributed by atoms with E-state index in [1.807, 2.05) is 0 Å². The van der Waals surface area contributed by atoms with E-state index in [-0.39, 0.29) is 40.8 Å². The van der Waals surface area contributed by atoms with Gasteiger partial charge in [0.05, 0.1) is 29.6 Å². The molecule has 10 atom stereocenters. The van der Waals surface area contributed by atoms with E-state index in [4.69, 9.17) is 55.0 Å². The van der Waals surface area contributed by atoms with Gasteiger partial charge in [0.2, 0.25) is 12.2 Å². The molecule has 0 aromatic heterocycles. The first-order chi connectivity index (χ1) is 22.1. The highest BCUT2D eigenvalue weighted by Crippen LogP contribution is 2.37. The monoisotopic (exact) mass is 695 g/mol. The van der Waals surface area contributed by atoms with Gasteiger partial charge in [0.25, 0.3) is 0 Å². The van der Waals surface area contributed by atoms with Crippen LogP contribution in [0.25, 0.3) is 6.08 Å². The van der Waals surface area contributed by atoms with E-state index in [0.717, 1.165) is 36.1 Å². The molecule has 246 valence electrons. The Bertz CT molecular complexity index is 1220. The van der Waals surface area contributed by atoms with Crippen molar-refractivity contribution >= 4 is 77.4 Å². The Hall–Kier alpha value is -1.42. The van der Waals surface area contributed by atoms with Crippen molar-refractivity contribution in [2.45, 2.75) is 68.1 Å². The molecule has 3 fully saturated rings. The van der Waals surface area contributed by atoms with Crippen LogP contribution >= 0.6 is 36.1 Å². The molecule has 2 heterocycles. The van der Waals surface area contributed by atoms with Crippen LogP contribution in [0.5, 0.6) is 11.5 Å². The summed E-state index contributed by atoms with van der Waals surface area (Å²) in [6.07, 6.45) is -8.96. The lowest BCUT2D eigenvalue weighted by Gasteiger charge is -2.43. The van der Waals surface area contributed by atoms with Crippen LogP contribution in [0.4, 0.5) is 0 Å². The molecule has 6 radical (unpaired) electrons. The van der Waals surface area contributed by atoms with Crippen LogP contribution in [0.15, 0.2) is 23.8 Å². The van der Waals surface area contributed by atoms with Gasteiger partial charge in [0.15, 0.2) is 23.4 Å². The lowest BCUT2D eigenvalue weighted by atomic mass is 9.83. The van der Waals surface area contributed by atoms with Gasteiger partial charge < -0.3 is 57.2 Å². The second-order valence-corrected chi connectivity index (χ2v) is 12.4. The highest BCUT2D eigenvalue weighted by atomic mass is 32.2. The van der Waals surface area contributed by atoms with Gasteiger partial charge in [0, 0.05) is 17.6 Å². The number of ether oxygens (including phenoxy) is 4. The number of nitrogens with one attached hydrogen (secondary N) is 1. The van der Waals surface area contributed by atoms with Crippen molar-refractivity contribution in [1.82, 2.24) is 5.32 Å². The van der Waals surface area contributed by atoms with Crippen LogP contribution in [-0.4, -0.2) is 147 Å². The third-order valence-corrected chi connectivity index (χ3v) is 8.63. The molecule has 2 saturated heterocycles. The van der Waals surface area contributed by atoms with Crippen LogP contribution in [0.2, 0.25) is 0 Å². The Labute approximate surface area is 282 Å². The number of aliphatic hydroxyl groups is 4. The van der Waals surface area contributed by atoms with Crippen LogP contribution in [0, 0.1) is 0 Å². The molecular formula is C26H32B3NO13S3. The van der Waals surface area contributed by atoms with E-state index in [1.165, 1.54) is 12.1 Å². The van der Waals surface area contributed by atoms with Gasteiger partial charge in [0.1, 0.15) is 56.1 Å². The number of carbonyl (C=O) groups is 2. The fourth-order valence-electron chi connectivity index (χ4n) is 5.05. The Morgan fingerprint density at radius 3 is 2.30 bits per heavy atom. The molecule has 20 heteroatoms. The van der Waals surface area contributed by atoms with Crippen molar-refractivity contribution in [3.05, 3.63) is 29.3 Å². The normalized spacial score (nSPS) is 32.6. The van der Waals surface area contributed by atoms with Crippen molar-refractivity contribution < 1.29 is 61.5 Å². The summed E-state index contributed by atoms with van der Waals surface area (Å²) < 4.78 is 39.2. The minimum Gasteiger partial charge on any atom is -0.458 e. The summed E-state index contributed by atoms with van der Waals surface area (Å²) >= 11 is 2.62. The highest BCUT2D eigenvalue weighted by molar-refractivity contribution is 7.96. The van der Waals surface area contributed by atoms with Crippen molar-refractivity contribution in [2.75, 3.05) is 30.4 Å². The lowest BCUT2D eigenvalue weighted by molar-refractivity contribution is -0.147. The number of hydrogen-bond acceptors (Lipinski definition) is 16. The smallest absolute Gasteiger partial charge is 0.247 e. The second kappa shape index (κ2) is 17.8. The molecule has 0 bridgehead atoms. The quantitative estimate of drug-likeness (QED) is 0.0766. The van der Waals surface area contributed by atoms with E-state index in [2.05, 4.69) is 5.32 Å². The van der Waals surface area contributed by atoms with Gasteiger partial charge in [-0.25, -0.2) is 0 Å². The summed E-state index contributed by atoms with van der Waals surface area (Å²) in [4.78, 5) is 25.5. The van der Waals surface area contributed by atoms with Crippen LogP contribution in [0.1, 0.15) is 12.5 Å². The van der Waals surface area contributed by atoms with Gasteiger partial charge >= 0.3 is 0 Å². The topological polar surface area (TPSA) is 192 Å². The Kier molecular flexibility index (Phi) is 14.5. The molecule has 1 aliphatic carbocycles. The molecule has 46 heavy (non-hydrogen) atoms. The molecular weight excluding hydrogens is 663 g/mol. The predicted octanol–water partition coefficient (Wildman–Crippen LogP) is -1.45. The Balaban J connectivity index is 1.51. The number of fused-ring (bicyclic) bond motifs is 1. The number of benzene rings is 1. The van der Waals surface area contributed by atoms with E-state index >= 15 is 0 Å². The van der Waals surface area contributed by atoms with Crippen molar-refractivity contribution in [3.63, 3.8) is 0 Å². The molecule has 2 aliphatic heterocycles. The van der Waals surface area contributed by atoms with Crippen LogP contribution in [-0.2, 0) is 32.2 Å². The molecule has 1 aromatic rings. The largest absolute Gasteiger partial charge is 0.458 e. The first-order valence-corrected chi connectivity index (χ1v) is 16.7. The zero-order valence-electron chi connectivity index (χ0n) is 24.5. The SMILES string of the molecule is [B]CSOc1cc(/C=C(\C)C(=O)NC2C(O)C(O)C3OCOC3C2OSC[B])ccc1OC1OC(C(=O)CO)C(OSC[B])C1O. The number of aliphatic hydroxyl groups excluding tert-OH is 4. The highest BCUT2D eigenvalue weighted by Gasteiger charge is 2.55. The fraction of sp³-hybridized carbons (Fsp3) is 0.615. The Morgan fingerprint density at radius 1 is 0.957 bits per heavy atom. The van der Waals surface area contributed by atoms with E-state index < -0.39 is 79.5 Å². The summed E-state index contributed by atoms with van der Waals surface area (Å²) in [5.41, 5.74) is 0.957. The van der Waals surface area contributed by atoms with E-state index in [0.29, 0.717) is 5.56 Å². The maximum Gasteiger partial charge on any atom is 0.247 e. The van der Waals surface area contributed by atoms with Crippen molar-refractivity contribution in [1.29, 1.82) is 0 Å². The maximum absolute atomic E-state index is 13.3. The fourth-order valence-corrected chi connectivity index (χ4v) is 6.30. The van der Waals surface area contributed by atoms with Gasteiger partial charge in [-0.1, -0.05) is 6.07 Å². The summed E-state index contributed by atoms with van der Waals surface area (Å²) in [6, 6.07) is 3.58. The molecule has 3 aliphatic rings. The zero-order chi connectivity index (χ0) is 33.4. The number of ketones is 1. The van der Waals surface area contributed by atoms with Crippen LogP contribution < -0.4 is 14.2 Å². The molecule has 10 unspecified atom stereocenters. The number of carbonyl (C=O) groups excluding carboxylic acids is 2. The van der Waals surface area contributed by atoms with Gasteiger partial charge in [-0.3, -0.25) is 9.59 Å². The average molecular weight is 695 g/mol. The number of hydrogen-bond donors (Lipinski definition) is 5. The summed E-state index contributed by atoms with van der Waals surface area (Å²) in [5, 5.41) is 44.3.